The quantitative estimate of drug-likeness (QED) is 0.245. The Balaban J connectivity index is 1.90. The predicted molar refractivity (Wildman–Crippen MR) is 116 cm³/mol. The van der Waals surface area contributed by atoms with Crippen LogP contribution in [0.1, 0.15) is 36.5 Å². The Morgan fingerprint density at radius 2 is 1.93 bits per heavy atom. The lowest BCUT2D eigenvalue weighted by Crippen LogP contribution is -2.34. The molecule has 9 heteroatoms. The van der Waals surface area contributed by atoms with Gasteiger partial charge in [0.15, 0.2) is 5.11 Å². The first kappa shape index (κ1) is 21.8. The highest BCUT2D eigenvalue weighted by Gasteiger charge is 2.12. The molecule has 2 rings (SSSR count). The first-order chi connectivity index (χ1) is 13.4. The first-order valence-electron chi connectivity index (χ1n) is 8.70. The van der Waals surface area contributed by atoms with Crippen LogP contribution in [0.5, 0.6) is 5.75 Å². The molecule has 0 aromatic heterocycles. The standard InChI is InChI=1S/C19H20BrN3O4S/c1-2-3-4-11-27-15-8-5-13(6-9-15)18(24)22-19(28)21-17-10-7-14(23(25)26)12-16(17)20/h5-10,12H,2-4,11H2,1H3,(H2,21,22,24,28). The Kier molecular flexibility index (Phi) is 8.34. The van der Waals surface area contributed by atoms with E-state index in [0.717, 1.165) is 19.3 Å². The SMILES string of the molecule is CCCCCOc1ccc(C(=O)NC(=S)Nc2ccc([N+](=O)[O-])cc2Br)cc1. The lowest BCUT2D eigenvalue weighted by Gasteiger charge is -2.11. The molecular weight excluding hydrogens is 446 g/mol. The summed E-state index contributed by atoms with van der Waals surface area (Å²) in [5.41, 5.74) is 0.893. The molecule has 7 nitrogen and oxygen atoms in total. The Labute approximate surface area is 176 Å². The molecule has 0 radical (unpaired) electrons. The number of hydrogen-bond acceptors (Lipinski definition) is 5. The van der Waals surface area contributed by atoms with Gasteiger partial charge >= 0.3 is 0 Å². The fourth-order valence-corrected chi connectivity index (χ4v) is 2.96. The van der Waals surface area contributed by atoms with Crippen LogP contribution in [0.4, 0.5) is 11.4 Å². The zero-order chi connectivity index (χ0) is 20.5. The fraction of sp³-hybridized carbons (Fsp3) is 0.263. The Bertz CT molecular complexity index is 859. The highest BCUT2D eigenvalue weighted by atomic mass is 79.9. The summed E-state index contributed by atoms with van der Waals surface area (Å²) in [6.07, 6.45) is 3.25. The normalized spacial score (nSPS) is 10.2. The van der Waals surface area contributed by atoms with Crippen LogP contribution in [-0.4, -0.2) is 22.5 Å². The van der Waals surface area contributed by atoms with E-state index in [1.165, 1.54) is 18.2 Å². The third kappa shape index (κ3) is 6.58. The number of rotatable bonds is 8. The van der Waals surface area contributed by atoms with Crippen LogP contribution in [0.15, 0.2) is 46.9 Å². The van der Waals surface area contributed by atoms with E-state index in [1.807, 2.05) is 0 Å². The molecule has 2 aromatic rings. The number of nitro benzene ring substituents is 1. The summed E-state index contributed by atoms with van der Waals surface area (Å²) in [5.74, 6) is 0.344. The van der Waals surface area contributed by atoms with Crippen LogP contribution >= 0.6 is 28.1 Å². The molecule has 0 fully saturated rings. The monoisotopic (exact) mass is 465 g/mol. The number of halogens is 1. The van der Waals surface area contributed by atoms with E-state index >= 15 is 0 Å². The summed E-state index contributed by atoms with van der Waals surface area (Å²) in [6, 6.07) is 11.0. The van der Waals surface area contributed by atoms with E-state index in [1.54, 1.807) is 24.3 Å². The average molecular weight is 466 g/mol. The van der Waals surface area contributed by atoms with Crippen molar-refractivity contribution in [1.82, 2.24) is 5.32 Å². The van der Waals surface area contributed by atoms with Gasteiger partial charge in [-0.2, -0.15) is 0 Å². The molecule has 0 heterocycles. The maximum Gasteiger partial charge on any atom is 0.270 e. The predicted octanol–water partition coefficient (Wildman–Crippen LogP) is 5.05. The summed E-state index contributed by atoms with van der Waals surface area (Å²) in [7, 11) is 0. The molecule has 0 aliphatic rings. The average Bonchev–Trinajstić information content (AvgIpc) is 2.67. The van der Waals surface area contributed by atoms with Gasteiger partial charge in [-0.1, -0.05) is 19.8 Å². The van der Waals surface area contributed by atoms with Gasteiger partial charge in [-0.25, -0.2) is 0 Å². The summed E-state index contributed by atoms with van der Waals surface area (Å²) in [4.78, 5) is 22.6. The summed E-state index contributed by atoms with van der Waals surface area (Å²) in [5, 5.41) is 16.3. The molecule has 0 unspecified atom stereocenters. The van der Waals surface area contributed by atoms with Crippen molar-refractivity contribution < 1.29 is 14.5 Å². The molecule has 0 saturated carbocycles. The van der Waals surface area contributed by atoms with Crippen molar-refractivity contribution in [3.63, 3.8) is 0 Å². The summed E-state index contributed by atoms with van der Waals surface area (Å²) >= 11 is 8.38. The van der Waals surface area contributed by atoms with Gasteiger partial charge in [0.25, 0.3) is 11.6 Å². The van der Waals surface area contributed by atoms with Crippen molar-refractivity contribution in [1.29, 1.82) is 0 Å². The molecule has 0 saturated heterocycles. The molecule has 0 spiro atoms. The van der Waals surface area contributed by atoms with Crippen LogP contribution in [-0.2, 0) is 0 Å². The molecule has 0 bridgehead atoms. The number of nitro groups is 1. The topological polar surface area (TPSA) is 93.5 Å². The second kappa shape index (κ2) is 10.7. The Morgan fingerprint density at radius 1 is 1.21 bits per heavy atom. The molecule has 0 aliphatic carbocycles. The Hall–Kier alpha value is -2.52. The van der Waals surface area contributed by atoms with Crippen molar-refractivity contribution in [3.05, 3.63) is 62.6 Å². The van der Waals surface area contributed by atoms with Crippen LogP contribution in [0.3, 0.4) is 0 Å². The van der Waals surface area contributed by atoms with Crippen LogP contribution in [0, 0.1) is 10.1 Å². The third-order valence-electron chi connectivity index (χ3n) is 3.77. The molecule has 2 aromatic carbocycles. The van der Waals surface area contributed by atoms with Crippen molar-refractivity contribution in [3.8, 4) is 5.75 Å². The number of benzene rings is 2. The second-order valence-electron chi connectivity index (χ2n) is 5.91. The second-order valence-corrected chi connectivity index (χ2v) is 7.17. The van der Waals surface area contributed by atoms with Gasteiger partial charge in [-0.15, -0.1) is 0 Å². The van der Waals surface area contributed by atoms with Gasteiger partial charge < -0.3 is 10.1 Å². The number of non-ortho nitro benzene ring substituents is 1. The number of anilines is 1. The largest absolute Gasteiger partial charge is 0.494 e. The highest BCUT2D eigenvalue weighted by Crippen LogP contribution is 2.27. The van der Waals surface area contributed by atoms with Gasteiger partial charge in [0.2, 0.25) is 0 Å². The number of amides is 1. The van der Waals surface area contributed by atoms with Gasteiger partial charge in [-0.3, -0.25) is 20.2 Å². The van der Waals surface area contributed by atoms with Gasteiger partial charge in [0, 0.05) is 22.2 Å². The first-order valence-corrected chi connectivity index (χ1v) is 9.90. The number of nitrogens with one attached hydrogen (secondary N) is 2. The number of nitrogens with zero attached hydrogens (tertiary/aromatic N) is 1. The van der Waals surface area contributed by atoms with Crippen LogP contribution in [0.2, 0.25) is 0 Å². The van der Waals surface area contributed by atoms with Gasteiger partial charge in [-0.05, 0) is 64.9 Å². The number of hydrogen-bond donors (Lipinski definition) is 2. The molecule has 0 atom stereocenters. The number of carbonyl (C=O) groups excluding carboxylic acids is 1. The summed E-state index contributed by atoms with van der Waals surface area (Å²) < 4.78 is 6.08. The zero-order valence-corrected chi connectivity index (χ0v) is 17.6. The minimum atomic E-state index is -0.494. The maximum atomic E-state index is 12.3. The molecule has 148 valence electrons. The van der Waals surface area contributed by atoms with E-state index in [0.29, 0.717) is 28.1 Å². The third-order valence-corrected chi connectivity index (χ3v) is 4.63. The number of unbranched alkanes of at least 4 members (excludes halogenated alkanes) is 2. The van der Waals surface area contributed by atoms with Gasteiger partial charge in [0.1, 0.15) is 5.75 Å². The number of carbonyl (C=O) groups is 1. The minimum Gasteiger partial charge on any atom is -0.494 e. The minimum absolute atomic E-state index is 0.0515. The molecule has 1 amide bonds. The van der Waals surface area contributed by atoms with E-state index in [-0.39, 0.29) is 16.7 Å². The van der Waals surface area contributed by atoms with Crippen LogP contribution in [0.25, 0.3) is 0 Å². The lowest BCUT2D eigenvalue weighted by molar-refractivity contribution is -0.384. The van der Waals surface area contributed by atoms with Crippen molar-refractivity contribution in [2.75, 3.05) is 11.9 Å². The molecule has 28 heavy (non-hydrogen) atoms. The Morgan fingerprint density at radius 3 is 2.54 bits per heavy atom. The molecular formula is C19H20BrN3O4S. The van der Waals surface area contributed by atoms with E-state index in [9.17, 15) is 14.9 Å². The lowest BCUT2D eigenvalue weighted by atomic mass is 10.2. The molecule has 0 aliphatic heterocycles. The van der Waals surface area contributed by atoms with Crippen molar-refractivity contribution in [2.45, 2.75) is 26.2 Å². The maximum absolute atomic E-state index is 12.3. The van der Waals surface area contributed by atoms with Crippen LogP contribution < -0.4 is 15.4 Å². The zero-order valence-electron chi connectivity index (χ0n) is 15.2. The smallest absolute Gasteiger partial charge is 0.270 e. The number of ether oxygens (including phenoxy) is 1. The van der Waals surface area contributed by atoms with Crippen molar-refractivity contribution in [2.24, 2.45) is 0 Å². The van der Waals surface area contributed by atoms with Gasteiger partial charge in [0.05, 0.1) is 17.2 Å². The highest BCUT2D eigenvalue weighted by molar-refractivity contribution is 9.10. The molecule has 2 N–H and O–H groups in total. The fourth-order valence-electron chi connectivity index (χ4n) is 2.29. The number of thiocarbonyl (C=S) groups is 1. The van der Waals surface area contributed by atoms with E-state index in [2.05, 4.69) is 33.5 Å². The summed E-state index contributed by atoms with van der Waals surface area (Å²) in [6.45, 7) is 2.78. The van der Waals surface area contributed by atoms with Crippen molar-refractivity contribution >= 4 is 50.5 Å². The van der Waals surface area contributed by atoms with E-state index < -0.39 is 4.92 Å². The van der Waals surface area contributed by atoms with E-state index in [4.69, 9.17) is 17.0 Å².